The van der Waals surface area contributed by atoms with Crippen LogP contribution in [0.1, 0.15) is 25.0 Å². The lowest BCUT2D eigenvalue weighted by Gasteiger charge is -2.12. The quantitative estimate of drug-likeness (QED) is 0.452. The van der Waals surface area contributed by atoms with E-state index in [1.165, 1.54) is 23.1 Å². The number of benzene rings is 2. The highest BCUT2D eigenvalue weighted by molar-refractivity contribution is 8.01. The van der Waals surface area contributed by atoms with E-state index in [1.807, 2.05) is 56.3 Å². The van der Waals surface area contributed by atoms with Crippen LogP contribution in [0.25, 0.3) is 0 Å². The summed E-state index contributed by atoms with van der Waals surface area (Å²) in [6.07, 6.45) is 0.874. The first-order valence-electron chi connectivity index (χ1n) is 9.44. The highest BCUT2D eigenvalue weighted by atomic mass is 32.2. The maximum Gasteiger partial charge on any atom is 0.234 e. The molecule has 152 valence electrons. The van der Waals surface area contributed by atoms with Crippen LogP contribution >= 0.6 is 23.1 Å². The van der Waals surface area contributed by atoms with Crippen molar-refractivity contribution in [3.8, 4) is 5.75 Å². The van der Waals surface area contributed by atoms with E-state index in [2.05, 4.69) is 27.8 Å². The van der Waals surface area contributed by atoms with Gasteiger partial charge in [0.05, 0.1) is 18.0 Å². The number of nitrogens with zero attached hydrogens (tertiary/aromatic N) is 2. The number of rotatable bonds is 9. The highest BCUT2D eigenvalue weighted by Gasteiger charge is 2.12. The summed E-state index contributed by atoms with van der Waals surface area (Å²) >= 11 is 2.78. The molecule has 6 nitrogen and oxygen atoms in total. The van der Waals surface area contributed by atoms with E-state index >= 15 is 0 Å². The van der Waals surface area contributed by atoms with Gasteiger partial charge >= 0.3 is 0 Å². The molecule has 3 rings (SSSR count). The smallest absolute Gasteiger partial charge is 0.234 e. The molecule has 0 aliphatic heterocycles. The third kappa shape index (κ3) is 5.71. The first-order chi connectivity index (χ1) is 14.1. The third-order valence-corrected chi connectivity index (χ3v) is 6.14. The van der Waals surface area contributed by atoms with Gasteiger partial charge in [0.2, 0.25) is 11.0 Å². The minimum Gasteiger partial charge on any atom is -0.492 e. The second-order valence-corrected chi connectivity index (χ2v) is 8.43. The van der Waals surface area contributed by atoms with Gasteiger partial charge in [-0.15, -0.1) is 10.2 Å². The predicted molar refractivity (Wildman–Crippen MR) is 121 cm³/mol. The Kier molecular flexibility index (Phi) is 7.48. The standard InChI is InChI=1S/C21H24N4O2S2/c1-4-15-10-8-9-14(3)19(15)23-18(26)13-28-21-25-24-20(29-21)22-16-11-6-7-12-17(16)27-5-2/h6-12H,4-5,13H2,1-3H3,(H,22,24)(H,23,26). The Hall–Kier alpha value is -2.58. The van der Waals surface area contributed by atoms with Crippen molar-refractivity contribution in [2.24, 2.45) is 0 Å². The van der Waals surface area contributed by atoms with Gasteiger partial charge in [0, 0.05) is 5.69 Å². The van der Waals surface area contributed by atoms with E-state index in [-0.39, 0.29) is 11.7 Å². The van der Waals surface area contributed by atoms with Crippen molar-refractivity contribution < 1.29 is 9.53 Å². The van der Waals surface area contributed by atoms with Crippen LogP contribution in [0.2, 0.25) is 0 Å². The number of hydrogen-bond donors (Lipinski definition) is 2. The maximum atomic E-state index is 12.4. The molecule has 8 heteroatoms. The fraction of sp³-hybridized carbons (Fsp3) is 0.286. The summed E-state index contributed by atoms with van der Waals surface area (Å²) in [4.78, 5) is 12.4. The number of hydrogen-bond acceptors (Lipinski definition) is 7. The average Bonchev–Trinajstić information content (AvgIpc) is 3.17. The van der Waals surface area contributed by atoms with Crippen LogP contribution in [0, 0.1) is 6.92 Å². The van der Waals surface area contributed by atoms with E-state index in [1.54, 1.807) is 0 Å². The Morgan fingerprint density at radius 2 is 1.97 bits per heavy atom. The molecule has 0 spiro atoms. The molecule has 29 heavy (non-hydrogen) atoms. The van der Waals surface area contributed by atoms with Gasteiger partial charge in [0.15, 0.2) is 4.34 Å². The number of amides is 1. The normalized spacial score (nSPS) is 10.6. The summed E-state index contributed by atoms with van der Waals surface area (Å²) in [6, 6.07) is 13.8. The summed E-state index contributed by atoms with van der Waals surface area (Å²) in [5, 5.41) is 15.3. The van der Waals surface area contributed by atoms with Crippen molar-refractivity contribution in [1.29, 1.82) is 0 Å². The second kappa shape index (κ2) is 10.3. The molecule has 2 N–H and O–H groups in total. The van der Waals surface area contributed by atoms with Gasteiger partial charge in [0.1, 0.15) is 5.75 Å². The number of ether oxygens (including phenoxy) is 1. The summed E-state index contributed by atoms with van der Waals surface area (Å²) < 4.78 is 6.35. The molecule has 0 unspecified atom stereocenters. The number of thioether (sulfide) groups is 1. The lowest BCUT2D eigenvalue weighted by Crippen LogP contribution is -2.16. The zero-order valence-electron chi connectivity index (χ0n) is 16.7. The highest BCUT2D eigenvalue weighted by Crippen LogP contribution is 2.31. The first-order valence-corrected chi connectivity index (χ1v) is 11.2. The predicted octanol–water partition coefficient (Wildman–Crippen LogP) is 5.28. The number of anilines is 3. The first kappa shape index (κ1) is 21.1. The molecule has 2 aromatic carbocycles. The molecule has 1 heterocycles. The molecular formula is C21H24N4O2S2. The monoisotopic (exact) mass is 428 g/mol. The molecule has 0 atom stereocenters. The Morgan fingerprint density at radius 3 is 2.76 bits per heavy atom. The lowest BCUT2D eigenvalue weighted by atomic mass is 10.1. The van der Waals surface area contributed by atoms with E-state index < -0.39 is 0 Å². The van der Waals surface area contributed by atoms with Crippen LogP contribution in [-0.4, -0.2) is 28.5 Å². The minimum absolute atomic E-state index is 0.0506. The van der Waals surface area contributed by atoms with Crippen LogP contribution in [-0.2, 0) is 11.2 Å². The van der Waals surface area contributed by atoms with Crippen LogP contribution in [0.5, 0.6) is 5.75 Å². The van der Waals surface area contributed by atoms with Gasteiger partial charge in [-0.05, 0) is 43.5 Å². The number of aryl methyl sites for hydroxylation is 2. The molecule has 0 saturated carbocycles. The van der Waals surface area contributed by atoms with E-state index in [9.17, 15) is 4.79 Å². The summed E-state index contributed by atoms with van der Waals surface area (Å²) in [5.41, 5.74) is 3.95. The Balaban J connectivity index is 1.58. The molecule has 0 aliphatic rings. The third-order valence-electron chi connectivity index (χ3n) is 4.17. The van der Waals surface area contributed by atoms with Gasteiger partial charge in [0.25, 0.3) is 0 Å². The summed E-state index contributed by atoms with van der Waals surface area (Å²) in [7, 11) is 0. The van der Waals surface area contributed by atoms with Crippen LogP contribution in [0.3, 0.4) is 0 Å². The van der Waals surface area contributed by atoms with Crippen molar-refractivity contribution in [3.05, 3.63) is 53.6 Å². The minimum atomic E-state index is -0.0506. The van der Waals surface area contributed by atoms with Gasteiger partial charge < -0.3 is 15.4 Å². The van der Waals surface area contributed by atoms with Crippen molar-refractivity contribution in [3.63, 3.8) is 0 Å². The Bertz CT molecular complexity index is 975. The van der Waals surface area contributed by atoms with Crippen molar-refractivity contribution in [2.75, 3.05) is 23.0 Å². The largest absolute Gasteiger partial charge is 0.492 e. The molecule has 0 saturated heterocycles. The number of carbonyl (C=O) groups is 1. The van der Waals surface area contributed by atoms with Crippen molar-refractivity contribution >= 4 is 45.5 Å². The number of aromatic nitrogens is 2. The molecule has 0 aliphatic carbocycles. The molecule has 1 amide bonds. The van der Waals surface area contributed by atoms with E-state index in [4.69, 9.17) is 4.74 Å². The number of carbonyl (C=O) groups excluding carboxylic acids is 1. The van der Waals surface area contributed by atoms with E-state index in [0.29, 0.717) is 11.7 Å². The van der Waals surface area contributed by atoms with Gasteiger partial charge in [-0.25, -0.2) is 0 Å². The number of nitrogens with one attached hydrogen (secondary N) is 2. The zero-order valence-corrected chi connectivity index (χ0v) is 18.3. The van der Waals surface area contributed by atoms with Gasteiger partial charge in [-0.3, -0.25) is 4.79 Å². The fourth-order valence-corrected chi connectivity index (χ4v) is 4.35. The zero-order chi connectivity index (χ0) is 20.6. The van der Waals surface area contributed by atoms with Crippen molar-refractivity contribution in [1.82, 2.24) is 10.2 Å². The maximum absolute atomic E-state index is 12.4. The Morgan fingerprint density at radius 1 is 1.14 bits per heavy atom. The molecule has 3 aromatic rings. The molecule has 0 bridgehead atoms. The SMILES string of the molecule is CCOc1ccccc1Nc1nnc(SCC(=O)Nc2c(C)cccc2CC)s1. The Labute approximate surface area is 179 Å². The second-order valence-electron chi connectivity index (χ2n) is 6.23. The van der Waals surface area contributed by atoms with Crippen LogP contribution in [0.15, 0.2) is 46.8 Å². The van der Waals surface area contributed by atoms with Crippen molar-refractivity contribution in [2.45, 2.75) is 31.5 Å². The summed E-state index contributed by atoms with van der Waals surface area (Å²) in [5.74, 6) is 0.996. The average molecular weight is 429 g/mol. The summed E-state index contributed by atoms with van der Waals surface area (Å²) in [6.45, 7) is 6.62. The molecular weight excluding hydrogens is 404 g/mol. The topological polar surface area (TPSA) is 76.1 Å². The molecule has 1 aromatic heterocycles. The fourth-order valence-electron chi connectivity index (χ4n) is 2.79. The number of para-hydroxylation sites is 3. The molecule has 0 radical (unpaired) electrons. The molecule has 0 fully saturated rings. The van der Waals surface area contributed by atoms with E-state index in [0.717, 1.165) is 39.0 Å². The van der Waals surface area contributed by atoms with Crippen LogP contribution < -0.4 is 15.4 Å². The lowest BCUT2D eigenvalue weighted by molar-refractivity contribution is -0.113. The van der Waals surface area contributed by atoms with Gasteiger partial charge in [-0.2, -0.15) is 0 Å². The van der Waals surface area contributed by atoms with Crippen LogP contribution in [0.4, 0.5) is 16.5 Å². The van der Waals surface area contributed by atoms with Gasteiger partial charge in [-0.1, -0.05) is 60.4 Å².